The number of carbonyl (C=O) groups excluding carboxylic acids is 3. The fourth-order valence-corrected chi connectivity index (χ4v) is 5.78. The van der Waals surface area contributed by atoms with Crippen molar-refractivity contribution in [3.63, 3.8) is 0 Å². The largest absolute Gasteiger partial charge is 0.489 e. The lowest BCUT2D eigenvalue weighted by atomic mass is 10.0. The Morgan fingerprint density at radius 2 is 0.808 bits per heavy atom. The highest BCUT2D eigenvalue weighted by Gasteiger charge is 2.13. The molecule has 0 unspecified atom stereocenters. The van der Waals surface area contributed by atoms with Gasteiger partial charge < -0.3 is 14.2 Å². The number of benzene rings is 7. The van der Waals surface area contributed by atoms with E-state index in [0.29, 0.717) is 44.9 Å². The molecule has 7 rings (SSSR count). The molecule has 0 aliphatic heterocycles. The van der Waals surface area contributed by atoms with Gasteiger partial charge in [0.2, 0.25) is 0 Å². The van der Waals surface area contributed by atoms with Gasteiger partial charge in [-0.2, -0.15) is 0 Å². The first kappa shape index (κ1) is 33.7. The summed E-state index contributed by atoms with van der Waals surface area (Å²) in [5.41, 5.74) is 5.37. The van der Waals surface area contributed by atoms with Gasteiger partial charge in [0, 0.05) is 28.3 Å². The standard InChI is InChI=1S/C46H34O6/c47-44(36-10-3-1-4-11-36)38-19-15-32(16-20-38)29-50-42-25-34(31-52-46(49)41-24-23-35-9-7-8-14-40(35)27-41)26-43(28-42)51-30-33-17-21-39(22-18-33)45(48)37-12-5-2-6-13-37/h1-28H,29-31H2. The van der Waals surface area contributed by atoms with E-state index in [9.17, 15) is 14.4 Å². The fraction of sp³-hybridized carbons (Fsp3) is 0.0652. The highest BCUT2D eigenvalue weighted by Crippen LogP contribution is 2.26. The Morgan fingerprint density at radius 1 is 0.365 bits per heavy atom. The molecule has 6 heteroatoms. The normalized spacial score (nSPS) is 10.8. The minimum absolute atomic E-state index is 0.00576. The zero-order valence-electron chi connectivity index (χ0n) is 28.2. The summed E-state index contributed by atoms with van der Waals surface area (Å²) in [7, 11) is 0. The van der Waals surface area contributed by atoms with E-state index >= 15 is 0 Å². The molecule has 0 spiro atoms. The molecule has 7 aromatic rings. The van der Waals surface area contributed by atoms with Crippen molar-refractivity contribution in [2.45, 2.75) is 19.8 Å². The lowest BCUT2D eigenvalue weighted by molar-refractivity contribution is 0.0472. The summed E-state index contributed by atoms with van der Waals surface area (Å²) in [6.45, 7) is 0.499. The number of esters is 1. The van der Waals surface area contributed by atoms with Gasteiger partial charge in [0.05, 0.1) is 5.56 Å². The van der Waals surface area contributed by atoms with Gasteiger partial charge >= 0.3 is 5.97 Å². The number of ketones is 2. The van der Waals surface area contributed by atoms with Crippen LogP contribution >= 0.6 is 0 Å². The maximum absolute atomic E-state index is 13.1. The van der Waals surface area contributed by atoms with Crippen LogP contribution in [0.5, 0.6) is 11.5 Å². The Labute approximate surface area is 301 Å². The van der Waals surface area contributed by atoms with E-state index in [0.717, 1.165) is 21.9 Å². The SMILES string of the molecule is O=C(OCc1cc(OCc2ccc(C(=O)c3ccccc3)cc2)cc(OCc2ccc(C(=O)c3ccccc3)cc2)c1)c1ccc2ccccc2c1. The summed E-state index contributed by atoms with van der Waals surface area (Å²) in [5, 5.41) is 2.00. The lowest BCUT2D eigenvalue weighted by Gasteiger charge is -2.14. The third kappa shape index (κ3) is 8.32. The third-order valence-corrected chi connectivity index (χ3v) is 8.61. The zero-order valence-corrected chi connectivity index (χ0v) is 28.2. The molecule has 0 bridgehead atoms. The second kappa shape index (κ2) is 15.8. The van der Waals surface area contributed by atoms with Gasteiger partial charge in [-0.3, -0.25) is 9.59 Å². The van der Waals surface area contributed by atoms with Crippen molar-refractivity contribution in [2.24, 2.45) is 0 Å². The Morgan fingerprint density at radius 3 is 1.33 bits per heavy atom. The van der Waals surface area contributed by atoms with Crippen LogP contribution in [0.4, 0.5) is 0 Å². The molecule has 7 aromatic carbocycles. The maximum atomic E-state index is 13.1. The second-order valence-corrected chi connectivity index (χ2v) is 12.3. The lowest BCUT2D eigenvalue weighted by Crippen LogP contribution is -2.06. The number of hydrogen-bond donors (Lipinski definition) is 0. The maximum Gasteiger partial charge on any atom is 0.338 e. The molecule has 0 radical (unpaired) electrons. The van der Waals surface area contributed by atoms with Crippen molar-refractivity contribution in [3.05, 3.63) is 214 Å². The molecule has 0 aliphatic rings. The van der Waals surface area contributed by atoms with Crippen LogP contribution in [-0.4, -0.2) is 17.5 Å². The van der Waals surface area contributed by atoms with Crippen molar-refractivity contribution < 1.29 is 28.6 Å². The van der Waals surface area contributed by atoms with E-state index in [1.54, 1.807) is 60.7 Å². The molecule has 52 heavy (non-hydrogen) atoms. The molecule has 0 aliphatic carbocycles. The third-order valence-electron chi connectivity index (χ3n) is 8.61. The van der Waals surface area contributed by atoms with Crippen LogP contribution in [0.1, 0.15) is 58.9 Å². The quantitative estimate of drug-likeness (QED) is 0.0890. The molecular weight excluding hydrogens is 649 g/mol. The van der Waals surface area contributed by atoms with E-state index in [4.69, 9.17) is 14.2 Å². The Hall–Kier alpha value is -6.79. The predicted octanol–water partition coefficient (Wildman–Crippen LogP) is 9.82. The molecule has 0 saturated carbocycles. The van der Waals surface area contributed by atoms with Crippen LogP contribution in [0.3, 0.4) is 0 Å². The van der Waals surface area contributed by atoms with Crippen molar-refractivity contribution in [1.82, 2.24) is 0 Å². The van der Waals surface area contributed by atoms with Gasteiger partial charge in [-0.1, -0.05) is 140 Å². The van der Waals surface area contributed by atoms with Crippen LogP contribution in [0.25, 0.3) is 10.8 Å². The van der Waals surface area contributed by atoms with Gasteiger partial charge in [0.25, 0.3) is 0 Å². The summed E-state index contributed by atoms with van der Waals surface area (Å²) in [5.74, 6) is 0.538. The van der Waals surface area contributed by atoms with Crippen LogP contribution in [0.15, 0.2) is 170 Å². The van der Waals surface area contributed by atoms with Gasteiger partial charge in [-0.15, -0.1) is 0 Å². The van der Waals surface area contributed by atoms with Crippen molar-refractivity contribution >= 4 is 28.3 Å². The summed E-state index contributed by atoms with van der Waals surface area (Å²) in [6, 6.07) is 51.7. The molecule has 0 N–H and O–H groups in total. The van der Waals surface area contributed by atoms with Gasteiger partial charge in [0.15, 0.2) is 11.6 Å². The topological polar surface area (TPSA) is 78.9 Å². The van der Waals surface area contributed by atoms with E-state index in [1.807, 2.05) is 109 Å². The Balaban J connectivity index is 1.05. The van der Waals surface area contributed by atoms with Gasteiger partial charge in [-0.05, 0) is 51.7 Å². The van der Waals surface area contributed by atoms with Crippen molar-refractivity contribution in [2.75, 3.05) is 0 Å². The van der Waals surface area contributed by atoms with Gasteiger partial charge in [-0.25, -0.2) is 4.79 Å². The molecule has 0 saturated heterocycles. The predicted molar refractivity (Wildman–Crippen MR) is 201 cm³/mol. The van der Waals surface area contributed by atoms with Gasteiger partial charge in [0.1, 0.15) is 31.3 Å². The average molecular weight is 683 g/mol. The summed E-state index contributed by atoms with van der Waals surface area (Å²) < 4.78 is 18.1. The van der Waals surface area contributed by atoms with Crippen LogP contribution in [-0.2, 0) is 24.6 Å². The molecule has 6 nitrogen and oxygen atoms in total. The van der Waals surface area contributed by atoms with Crippen molar-refractivity contribution in [1.29, 1.82) is 0 Å². The molecule has 0 aromatic heterocycles. The van der Waals surface area contributed by atoms with E-state index in [2.05, 4.69) is 0 Å². The Kier molecular flexibility index (Phi) is 10.3. The monoisotopic (exact) mass is 682 g/mol. The molecular formula is C46H34O6. The number of hydrogen-bond acceptors (Lipinski definition) is 6. The zero-order chi connectivity index (χ0) is 35.7. The minimum Gasteiger partial charge on any atom is -0.489 e. The number of fused-ring (bicyclic) bond motifs is 1. The van der Waals surface area contributed by atoms with E-state index in [-0.39, 0.29) is 31.4 Å². The molecule has 0 fully saturated rings. The number of carbonyl (C=O) groups is 3. The minimum atomic E-state index is -0.435. The first-order chi connectivity index (χ1) is 25.5. The molecule has 0 amide bonds. The first-order valence-electron chi connectivity index (χ1n) is 16.9. The highest BCUT2D eigenvalue weighted by molar-refractivity contribution is 6.09. The van der Waals surface area contributed by atoms with E-state index < -0.39 is 5.97 Å². The Bertz CT molecular complexity index is 2210. The molecule has 0 heterocycles. The smallest absolute Gasteiger partial charge is 0.338 e. The van der Waals surface area contributed by atoms with Crippen LogP contribution in [0, 0.1) is 0 Å². The molecule has 0 atom stereocenters. The van der Waals surface area contributed by atoms with Crippen LogP contribution < -0.4 is 9.47 Å². The van der Waals surface area contributed by atoms with E-state index in [1.165, 1.54) is 0 Å². The highest BCUT2D eigenvalue weighted by atomic mass is 16.5. The average Bonchev–Trinajstić information content (AvgIpc) is 3.21. The second-order valence-electron chi connectivity index (χ2n) is 12.3. The fourth-order valence-electron chi connectivity index (χ4n) is 5.78. The van der Waals surface area contributed by atoms with Crippen molar-refractivity contribution in [3.8, 4) is 11.5 Å². The summed E-state index contributed by atoms with van der Waals surface area (Å²) in [4.78, 5) is 38.7. The number of ether oxygens (including phenoxy) is 3. The number of rotatable bonds is 13. The first-order valence-corrected chi connectivity index (χ1v) is 16.9. The van der Waals surface area contributed by atoms with Crippen LogP contribution in [0.2, 0.25) is 0 Å². The summed E-state index contributed by atoms with van der Waals surface area (Å²) >= 11 is 0. The summed E-state index contributed by atoms with van der Waals surface area (Å²) in [6.07, 6.45) is 0. The molecule has 254 valence electrons.